The first-order chi connectivity index (χ1) is 9.44. The van der Waals surface area contributed by atoms with Gasteiger partial charge in [-0.2, -0.15) is 0 Å². The summed E-state index contributed by atoms with van der Waals surface area (Å²) in [5.41, 5.74) is 6.02. The molecule has 1 heterocycles. The zero-order chi connectivity index (χ0) is 14.8. The molecule has 0 amide bonds. The Bertz CT molecular complexity index is 577. The second kappa shape index (κ2) is 6.17. The summed E-state index contributed by atoms with van der Waals surface area (Å²) in [6, 6.07) is 3.87. The highest BCUT2D eigenvalue weighted by atomic mass is 32.2. The van der Waals surface area contributed by atoms with Crippen molar-refractivity contribution < 1.29 is 17.5 Å². The maximum absolute atomic E-state index is 13.7. The van der Waals surface area contributed by atoms with E-state index in [1.807, 2.05) is 6.92 Å². The Hall–Kier alpha value is -1.02. The summed E-state index contributed by atoms with van der Waals surface area (Å²) in [4.78, 5) is -0.355. The van der Waals surface area contributed by atoms with Crippen molar-refractivity contribution in [3.63, 3.8) is 0 Å². The Kier molecular flexibility index (Phi) is 4.74. The Labute approximate surface area is 118 Å². The van der Waals surface area contributed by atoms with Gasteiger partial charge in [0.25, 0.3) is 0 Å². The molecule has 1 aromatic carbocycles. The molecule has 2 rings (SSSR count). The van der Waals surface area contributed by atoms with E-state index in [4.69, 9.17) is 10.5 Å². The lowest BCUT2D eigenvalue weighted by Crippen LogP contribution is -2.32. The molecule has 20 heavy (non-hydrogen) atoms. The van der Waals surface area contributed by atoms with E-state index in [9.17, 15) is 12.8 Å². The van der Waals surface area contributed by atoms with Gasteiger partial charge in [0, 0.05) is 25.6 Å². The van der Waals surface area contributed by atoms with E-state index in [1.165, 1.54) is 12.1 Å². The van der Waals surface area contributed by atoms with E-state index in [1.54, 1.807) is 0 Å². The fourth-order valence-corrected chi connectivity index (χ4v) is 3.44. The largest absolute Gasteiger partial charge is 0.378 e. The third kappa shape index (κ3) is 3.35. The van der Waals surface area contributed by atoms with Gasteiger partial charge in [0.2, 0.25) is 10.0 Å². The molecule has 1 saturated heterocycles. The lowest BCUT2D eigenvalue weighted by Gasteiger charge is -2.15. The number of hydrogen-bond donors (Lipinski definition) is 2. The summed E-state index contributed by atoms with van der Waals surface area (Å²) in [6.07, 6.45) is 0.813. The third-order valence-electron chi connectivity index (χ3n) is 3.59. The molecule has 1 aliphatic rings. The molecule has 0 saturated carbocycles. The van der Waals surface area contributed by atoms with Crippen molar-refractivity contribution >= 4 is 10.0 Å². The minimum Gasteiger partial charge on any atom is -0.378 e. The van der Waals surface area contributed by atoms with Crippen molar-refractivity contribution in [3.05, 3.63) is 29.6 Å². The third-order valence-corrected chi connectivity index (χ3v) is 5.03. The summed E-state index contributed by atoms with van der Waals surface area (Å²) >= 11 is 0. The van der Waals surface area contributed by atoms with Gasteiger partial charge < -0.3 is 10.5 Å². The summed E-state index contributed by atoms with van der Waals surface area (Å²) in [6.45, 7) is 2.94. The minimum atomic E-state index is -3.87. The van der Waals surface area contributed by atoms with Crippen LogP contribution in [0.5, 0.6) is 0 Å². The second-order valence-electron chi connectivity index (χ2n) is 4.95. The molecule has 3 N–H and O–H groups in total. The molecular formula is C13H19FN2O3S. The van der Waals surface area contributed by atoms with Gasteiger partial charge in [-0.1, -0.05) is 6.07 Å². The molecule has 0 aromatic heterocycles. The quantitative estimate of drug-likeness (QED) is 0.850. The number of rotatable bonds is 5. The molecule has 1 aromatic rings. The van der Waals surface area contributed by atoms with Gasteiger partial charge in [0.1, 0.15) is 10.7 Å². The Morgan fingerprint density at radius 3 is 2.85 bits per heavy atom. The van der Waals surface area contributed by atoms with Gasteiger partial charge in [0.05, 0.1) is 6.10 Å². The van der Waals surface area contributed by atoms with Gasteiger partial charge in [-0.25, -0.2) is 17.5 Å². The van der Waals surface area contributed by atoms with Gasteiger partial charge in [0.15, 0.2) is 0 Å². The van der Waals surface area contributed by atoms with Crippen LogP contribution in [0.1, 0.15) is 18.9 Å². The molecule has 0 bridgehead atoms. The highest BCUT2D eigenvalue weighted by Crippen LogP contribution is 2.21. The SMILES string of the molecule is CC1OCCC1CNS(=O)(=O)c1cc(CN)ccc1F. The van der Waals surface area contributed by atoms with E-state index >= 15 is 0 Å². The molecule has 0 radical (unpaired) electrons. The van der Waals surface area contributed by atoms with Crippen molar-refractivity contribution in [1.29, 1.82) is 0 Å². The first kappa shape index (κ1) is 15.4. The van der Waals surface area contributed by atoms with Gasteiger partial charge in [-0.3, -0.25) is 0 Å². The molecule has 0 spiro atoms. The van der Waals surface area contributed by atoms with E-state index in [2.05, 4.69) is 4.72 Å². The molecule has 5 nitrogen and oxygen atoms in total. The molecule has 1 aliphatic heterocycles. The van der Waals surface area contributed by atoms with E-state index < -0.39 is 15.8 Å². The van der Waals surface area contributed by atoms with Gasteiger partial charge >= 0.3 is 0 Å². The smallest absolute Gasteiger partial charge is 0.243 e. The van der Waals surface area contributed by atoms with Crippen LogP contribution in [-0.2, 0) is 21.3 Å². The van der Waals surface area contributed by atoms with Crippen LogP contribution in [0.4, 0.5) is 4.39 Å². The number of sulfonamides is 1. The predicted octanol–water partition coefficient (Wildman–Crippen LogP) is 0.988. The normalized spacial score (nSPS) is 23.1. The summed E-state index contributed by atoms with van der Waals surface area (Å²) in [5, 5.41) is 0. The molecule has 1 fully saturated rings. The summed E-state index contributed by atoms with van der Waals surface area (Å²) in [7, 11) is -3.87. The highest BCUT2D eigenvalue weighted by molar-refractivity contribution is 7.89. The zero-order valence-electron chi connectivity index (χ0n) is 11.3. The lowest BCUT2D eigenvalue weighted by molar-refractivity contribution is 0.107. The zero-order valence-corrected chi connectivity index (χ0v) is 12.1. The van der Waals surface area contributed by atoms with Crippen LogP contribution in [0.15, 0.2) is 23.1 Å². The van der Waals surface area contributed by atoms with Gasteiger partial charge in [-0.05, 0) is 31.0 Å². The number of nitrogens with two attached hydrogens (primary N) is 1. The topological polar surface area (TPSA) is 81.4 Å². The van der Waals surface area contributed by atoms with Crippen LogP contribution < -0.4 is 10.5 Å². The van der Waals surface area contributed by atoms with Crippen LogP contribution in [0.3, 0.4) is 0 Å². The van der Waals surface area contributed by atoms with Crippen molar-refractivity contribution in [2.75, 3.05) is 13.2 Å². The van der Waals surface area contributed by atoms with E-state index in [0.29, 0.717) is 12.2 Å². The van der Waals surface area contributed by atoms with Crippen LogP contribution >= 0.6 is 0 Å². The van der Waals surface area contributed by atoms with E-state index in [-0.39, 0.29) is 30.0 Å². The number of nitrogens with one attached hydrogen (secondary N) is 1. The number of benzene rings is 1. The maximum Gasteiger partial charge on any atom is 0.243 e. The molecule has 2 unspecified atom stereocenters. The fraction of sp³-hybridized carbons (Fsp3) is 0.538. The average Bonchev–Trinajstić information content (AvgIpc) is 2.82. The predicted molar refractivity (Wildman–Crippen MR) is 73.0 cm³/mol. The Balaban J connectivity index is 2.13. The van der Waals surface area contributed by atoms with Crippen molar-refractivity contribution in [1.82, 2.24) is 4.72 Å². The minimum absolute atomic E-state index is 0.0120. The van der Waals surface area contributed by atoms with Crippen LogP contribution in [-0.4, -0.2) is 27.7 Å². The standard InChI is InChI=1S/C13H19FN2O3S/c1-9-11(4-5-19-9)8-16-20(17,18)13-6-10(7-15)2-3-12(13)14/h2-3,6,9,11,16H,4-5,7-8,15H2,1H3. The highest BCUT2D eigenvalue weighted by Gasteiger charge is 2.27. The number of hydrogen-bond acceptors (Lipinski definition) is 4. The van der Waals surface area contributed by atoms with Crippen molar-refractivity contribution in [3.8, 4) is 0 Å². The monoisotopic (exact) mass is 302 g/mol. The molecule has 112 valence electrons. The van der Waals surface area contributed by atoms with Crippen LogP contribution in [0, 0.1) is 11.7 Å². The van der Waals surface area contributed by atoms with E-state index in [0.717, 1.165) is 12.5 Å². The number of halogens is 1. The first-order valence-electron chi connectivity index (χ1n) is 6.54. The molecule has 0 aliphatic carbocycles. The molecule has 7 heteroatoms. The van der Waals surface area contributed by atoms with Crippen molar-refractivity contribution in [2.24, 2.45) is 11.7 Å². The fourth-order valence-electron chi connectivity index (χ4n) is 2.22. The lowest BCUT2D eigenvalue weighted by atomic mass is 10.0. The first-order valence-corrected chi connectivity index (χ1v) is 8.02. The Morgan fingerprint density at radius 2 is 2.25 bits per heavy atom. The molecular weight excluding hydrogens is 283 g/mol. The van der Waals surface area contributed by atoms with Crippen LogP contribution in [0.25, 0.3) is 0 Å². The average molecular weight is 302 g/mol. The second-order valence-corrected chi connectivity index (χ2v) is 6.68. The summed E-state index contributed by atoms with van der Waals surface area (Å²) < 4.78 is 45.8. The number of ether oxygens (including phenoxy) is 1. The summed E-state index contributed by atoms with van der Waals surface area (Å²) in [5.74, 6) is -0.657. The van der Waals surface area contributed by atoms with Crippen molar-refractivity contribution in [2.45, 2.75) is 30.9 Å². The maximum atomic E-state index is 13.7. The Morgan fingerprint density at radius 1 is 1.50 bits per heavy atom. The molecule has 2 atom stereocenters. The van der Waals surface area contributed by atoms with Crippen LogP contribution in [0.2, 0.25) is 0 Å². The van der Waals surface area contributed by atoms with Gasteiger partial charge in [-0.15, -0.1) is 0 Å².